The third kappa shape index (κ3) is 4.33. The summed E-state index contributed by atoms with van der Waals surface area (Å²) in [6.45, 7) is 5.46. The SMILES string of the molecule is CC(=O)CCC1(C)CCCC(NC(C)=O)C1. The summed E-state index contributed by atoms with van der Waals surface area (Å²) in [6.07, 6.45) is 6.05. The quantitative estimate of drug-likeness (QED) is 0.798. The van der Waals surface area contributed by atoms with Crippen molar-refractivity contribution in [1.82, 2.24) is 5.32 Å². The molecular weight excluding hydrogens is 202 g/mol. The molecule has 92 valence electrons. The number of rotatable bonds is 4. The monoisotopic (exact) mass is 225 g/mol. The summed E-state index contributed by atoms with van der Waals surface area (Å²) in [7, 11) is 0. The lowest BCUT2D eigenvalue weighted by Crippen LogP contribution is -2.40. The number of hydrogen-bond acceptors (Lipinski definition) is 2. The molecule has 1 aliphatic rings. The van der Waals surface area contributed by atoms with Crippen molar-refractivity contribution < 1.29 is 9.59 Å². The molecule has 0 aromatic carbocycles. The fourth-order valence-electron chi connectivity index (χ4n) is 2.69. The van der Waals surface area contributed by atoms with Crippen LogP contribution in [0.1, 0.15) is 59.3 Å². The highest BCUT2D eigenvalue weighted by Crippen LogP contribution is 2.39. The van der Waals surface area contributed by atoms with Gasteiger partial charge in [-0.25, -0.2) is 0 Å². The highest BCUT2D eigenvalue weighted by atomic mass is 16.1. The van der Waals surface area contributed by atoms with Gasteiger partial charge in [-0.3, -0.25) is 4.79 Å². The van der Waals surface area contributed by atoms with Gasteiger partial charge in [0.05, 0.1) is 0 Å². The summed E-state index contributed by atoms with van der Waals surface area (Å²) in [6, 6.07) is 0.309. The minimum absolute atomic E-state index is 0.0563. The lowest BCUT2D eigenvalue weighted by atomic mass is 9.70. The third-order valence-electron chi connectivity index (χ3n) is 3.56. The van der Waals surface area contributed by atoms with Crippen molar-refractivity contribution in [2.75, 3.05) is 0 Å². The van der Waals surface area contributed by atoms with Crippen molar-refractivity contribution in [2.45, 2.75) is 65.3 Å². The second-order valence-corrected chi connectivity index (χ2v) is 5.51. The van der Waals surface area contributed by atoms with Crippen LogP contribution in [0.5, 0.6) is 0 Å². The van der Waals surface area contributed by atoms with E-state index in [9.17, 15) is 9.59 Å². The zero-order valence-corrected chi connectivity index (χ0v) is 10.6. The maximum Gasteiger partial charge on any atom is 0.217 e. The van der Waals surface area contributed by atoms with Gasteiger partial charge in [0.25, 0.3) is 0 Å². The Balaban J connectivity index is 2.47. The number of hydrogen-bond donors (Lipinski definition) is 1. The van der Waals surface area contributed by atoms with Gasteiger partial charge in [-0.05, 0) is 38.0 Å². The Kier molecular flexibility index (Phi) is 4.51. The number of Topliss-reactive ketones (excluding diaryl/α,β-unsaturated/α-hetero) is 1. The van der Waals surface area contributed by atoms with E-state index >= 15 is 0 Å². The average Bonchev–Trinajstić information content (AvgIpc) is 2.14. The molecule has 0 saturated heterocycles. The van der Waals surface area contributed by atoms with Crippen LogP contribution in [-0.4, -0.2) is 17.7 Å². The summed E-state index contributed by atoms with van der Waals surface area (Å²) >= 11 is 0. The van der Waals surface area contributed by atoms with Gasteiger partial charge < -0.3 is 10.1 Å². The lowest BCUT2D eigenvalue weighted by Gasteiger charge is -2.38. The Morgan fingerprint density at radius 3 is 2.62 bits per heavy atom. The first kappa shape index (κ1) is 13.2. The first-order valence-corrected chi connectivity index (χ1v) is 6.18. The fourth-order valence-corrected chi connectivity index (χ4v) is 2.69. The summed E-state index contributed by atoms with van der Waals surface area (Å²) in [5, 5.41) is 3.00. The molecule has 2 atom stereocenters. The molecule has 0 aliphatic heterocycles. The minimum Gasteiger partial charge on any atom is -0.354 e. The Bertz CT molecular complexity index is 275. The smallest absolute Gasteiger partial charge is 0.217 e. The van der Waals surface area contributed by atoms with E-state index in [2.05, 4.69) is 12.2 Å². The van der Waals surface area contributed by atoms with Gasteiger partial charge in [0.2, 0.25) is 5.91 Å². The molecule has 0 radical (unpaired) electrons. The molecule has 1 aliphatic carbocycles. The molecule has 0 heterocycles. The van der Waals surface area contributed by atoms with Crippen LogP contribution in [0, 0.1) is 5.41 Å². The molecule has 2 unspecified atom stereocenters. The summed E-state index contributed by atoms with van der Waals surface area (Å²) in [5.41, 5.74) is 0.233. The van der Waals surface area contributed by atoms with Gasteiger partial charge in [0.15, 0.2) is 0 Å². The number of ketones is 1. The second-order valence-electron chi connectivity index (χ2n) is 5.51. The lowest BCUT2D eigenvalue weighted by molar-refractivity contribution is -0.120. The summed E-state index contributed by atoms with van der Waals surface area (Å²) < 4.78 is 0. The summed E-state index contributed by atoms with van der Waals surface area (Å²) in [4.78, 5) is 22.0. The number of amides is 1. The molecule has 1 rings (SSSR count). The Labute approximate surface area is 98.0 Å². The molecule has 0 aromatic rings. The normalized spacial score (nSPS) is 29.8. The zero-order valence-electron chi connectivity index (χ0n) is 10.6. The van der Waals surface area contributed by atoms with Crippen LogP contribution in [0.15, 0.2) is 0 Å². The van der Waals surface area contributed by atoms with E-state index in [4.69, 9.17) is 0 Å². The summed E-state index contributed by atoms with van der Waals surface area (Å²) in [5.74, 6) is 0.323. The van der Waals surface area contributed by atoms with Gasteiger partial charge in [0, 0.05) is 19.4 Å². The predicted molar refractivity (Wildman–Crippen MR) is 64.1 cm³/mol. The van der Waals surface area contributed by atoms with Crippen molar-refractivity contribution in [2.24, 2.45) is 5.41 Å². The van der Waals surface area contributed by atoms with Crippen LogP contribution in [0.25, 0.3) is 0 Å². The first-order valence-electron chi connectivity index (χ1n) is 6.18. The Morgan fingerprint density at radius 2 is 2.06 bits per heavy atom. The topological polar surface area (TPSA) is 46.2 Å². The standard InChI is InChI=1S/C13H23NO2/c1-10(15)6-8-13(3)7-4-5-12(9-13)14-11(2)16/h12H,4-9H2,1-3H3,(H,14,16). The van der Waals surface area contributed by atoms with Gasteiger partial charge >= 0.3 is 0 Å². The molecule has 3 nitrogen and oxygen atoms in total. The van der Waals surface area contributed by atoms with E-state index in [1.54, 1.807) is 13.8 Å². The van der Waals surface area contributed by atoms with E-state index in [0.29, 0.717) is 12.5 Å². The van der Waals surface area contributed by atoms with Gasteiger partial charge in [-0.15, -0.1) is 0 Å². The molecule has 16 heavy (non-hydrogen) atoms. The zero-order chi connectivity index (χ0) is 12.2. The predicted octanol–water partition coefficient (Wildman–Crippen LogP) is 2.44. The number of carbonyl (C=O) groups excluding carboxylic acids is 2. The van der Waals surface area contributed by atoms with Crippen LogP contribution in [-0.2, 0) is 9.59 Å². The molecule has 1 saturated carbocycles. The molecule has 0 aromatic heterocycles. The highest BCUT2D eigenvalue weighted by molar-refractivity contribution is 5.75. The third-order valence-corrected chi connectivity index (χ3v) is 3.56. The molecule has 3 heteroatoms. The maximum atomic E-state index is 11.0. The van der Waals surface area contributed by atoms with Gasteiger partial charge in [0.1, 0.15) is 5.78 Å². The second kappa shape index (κ2) is 5.46. The van der Waals surface area contributed by atoms with E-state index in [0.717, 1.165) is 25.7 Å². The van der Waals surface area contributed by atoms with Crippen molar-refractivity contribution in [3.8, 4) is 0 Å². The van der Waals surface area contributed by atoms with E-state index < -0.39 is 0 Å². The first-order chi connectivity index (χ1) is 7.41. The van der Waals surface area contributed by atoms with E-state index in [1.807, 2.05) is 0 Å². The molecule has 0 spiro atoms. The minimum atomic E-state index is 0.0563. The number of nitrogens with one attached hydrogen (secondary N) is 1. The molecule has 1 fully saturated rings. The maximum absolute atomic E-state index is 11.0. The van der Waals surface area contributed by atoms with Crippen LogP contribution in [0.4, 0.5) is 0 Å². The molecule has 0 bridgehead atoms. The van der Waals surface area contributed by atoms with Crippen molar-refractivity contribution in [3.05, 3.63) is 0 Å². The van der Waals surface area contributed by atoms with Crippen LogP contribution < -0.4 is 5.32 Å². The molecule has 1 N–H and O–H groups in total. The van der Waals surface area contributed by atoms with Crippen molar-refractivity contribution in [1.29, 1.82) is 0 Å². The highest BCUT2D eigenvalue weighted by Gasteiger charge is 2.32. The van der Waals surface area contributed by atoms with Crippen molar-refractivity contribution >= 4 is 11.7 Å². The average molecular weight is 225 g/mol. The number of carbonyl (C=O) groups is 2. The molecular formula is C13H23NO2. The molecule has 1 amide bonds. The van der Waals surface area contributed by atoms with Crippen LogP contribution >= 0.6 is 0 Å². The van der Waals surface area contributed by atoms with Gasteiger partial charge in [-0.1, -0.05) is 13.3 Å². The Morgan fingerprint density at radius 1 is 1.38 bits per heavy atom. The van der Waals surface area contributed by atoms with E-state index in [1.165, 1.54) is 6.42 Å². The fraction of sp³-hybridized carbons (Fsp3) is 0.846. The van der Waals surface area contributed by atoms with E-state index in [-0.39, 0.29) is 17.1 Å². The van der Waals surface area contributed by atoms with Gasteiger partial charge in [-0.2, -0.15) is 0 Å². The van der Waals surface area contributed by atoms with Crippen LogP contribution in [0.2, 0.25) is 0 Å². The van der Waals surface area contributed by atoms with Crippen molar-refractivity contribution in [3.63, 3.8) is 0 Å². The largest absolute Gasteiger partial charge is 0.354 e. The Hall–Kier alpha value is -0.860. The van der Waals surface area contributed by atoms with Crippen LogP contribution in [0.3, 0.4) is 0 Å².